The first-order valence-electron chi connectivity index (χ1n) is 10.3. The second-order valence-corrected chi connectivity index (χ2v) is 8.78. The topological polar surface area (TPSA) is 113 Å². The van der Waals surface area contributed by atoms with Crippen LogP contribution < -0.4 is 22.1 Å². The molecule has 3 rings (SSSR count). The number of nitrogens with one attached hydrogen (secondary N) is 2. The van der Waals surface area contributed by atoms with E-state index in [4.69, 9.17) is 11.5 Å². The van der Waals surface area contributed by atoms with Crippen molar-refractivity contribution in [1.82, 2.24) is 10.2 Å². The van der Waals surface area contributed by atoms with Crippen LogP contribution in [0.15, 0.2) is 60.0 Å². The van der Waals surface area contributed by atoms with Gasteiger partial charge in [-0.1, -0.05) is 24.3 Å². The predicted octanol–water partition coefficient (Wildman–Crippen LogP) is 2.80. The Morgan fingerprint density at radius 3 is 2.50 bits per heavy atom. The molecule has 2 aromatic carbocycles. The summed E-state index contributed by atoms with van der Waals surface area (Å²) in [5.41, 5.74) is 15.5. The standard InChI is InChI=1S/C24H29N5O2S/c1-29(2)12-11-27-24(31)20(26)14-16-5-7-17(8-6-16)23(30)28-21-15-18(9-10-19(21)25)22-4-3-13-32-22/h3-10,13,15,20H,11-12,14,25-26H2,1-2H3,(H,27,31)(H,28,30)/t20-/m0/s1. The Balaban J connectivity index is 1.59. The van der Waals surface area contributed by atoms with Crippen LogP contribution in [0.1, 0.15) is 15.9 Å². The van der Waals surface area contributed by atoms with Gasteiger partial charge in [0.15, 0.2) is 0 Å². The Hall–Kier alpha value is -3.20. The van der Waals surface area contributed by atoms with E-state index in [2.05, 4.69) is 10.6 Å². The van der Waals surface area contributed by atoms with Crippen molar-refractivity contribution in [3.8, 4) is 10.4 Å². The number of hydrogen-bond donors (Lipinski definition) is 4. The van der Waals surface area contributed by atoms with Crippen molar-refractivity contribution in [3.63, 3.8) is 0 Å². The molecular weight excluding hydrogens is 422 g/mol. The van der Waals surface area contributed by atoms with Crippen LogP contribution in [0.25, 0.3) is 10.4 Å². The second-order valence-electron chi connectivity index (χ2n) is 7.84. The molecule has 0 aliphatic rings. The van der Waals surface area contributed by atoms with E-state index in [-0.39, 0.29) is 11.8 Å². The van der Waals surface area contributed by atoms with Gasteiger partial charge in [0, 0.05) is 23.5 Å². The number of nitrogen functional groups attached to an aromatic ring is 1. The van der Waals surface area contributed by atoms with Crippen molar-refractivity contribution >= 4 is 34.5 Å². The van der Waals surface area contributed by atoms with E-state index in [0.717, 1.165) is 22.5 Å². The third-order valence-corrected chi connectivity index (χ3v) is 5.89. The third-order valence-electron chi connectivity index (χ3n) is 4.97. The summed E-state index contributed by atoms with van der Waals surface area (Å²) in [5, 5.41) is 7.72. The lowest BCUT2D eigenvalue weighted by molar-refractivity contribution is -0.122. The van der Waals surface area contributed by atoms with E-state index in [0.29, 0.717) is 29.9 Å². The predicted molar refractivity (Wildman–Crippen MR) is 132 cm³/mol. The van der Waals surface area contributed by atoms with Gasteiger partial charge in [0.05, 0.1) is 17.4 Å². The molecule has 0 fully saturated rings. The first-order valence-corrected chi connectivity index (χ1v) is 11.2. The van der Waals surface area contributed by atoms with E-state index in [1.165, 1.54) is 0 Å². The fourth-order valence-electron chi connectivity index (χ4n) is 3.13. The first-order chi connectivity index (χ1) is 15.3. The van der Waals surface area contributed by atoms with E-state index in [9.17, 15) is 9.59 Å². The van der Waals surface area contributed by atoms with E-state index >= 15 is 0 Å². The first kappa shape index (κ1) is 23.5. The molecule has 0 saturated heterocycles. The van der Waals surface area contributed by atoms with E-state index < -0.39 is 6.04 Å². The highest BCUT2D eigenvalue weighted by Gasteiger charge is 2.15. The summed E-state index contributed by atoms with van der Waals surface area (Å²) in [7, 11) is 3.89. The van der Waals surface area contributed by atoms with Gasteiger partial charge < -0.3 is 27.0 Å². The quantitative estimate of drug-likeness (QED) is 0.374. The van der Waals surface area contributed by atoms with Gasteiger partial charge in [-0.3, -0.25) is 9.59 Å². The molecule has 0 aliphatic carbocycles. The molecular formula is C24H29N5O2S. The van der Waals surface area contributed by atoms with Crippen molar-refractivity contribution in [2.75, 3.05) is 38.2 Å². The van der Waals surface area contributed by atoms with Gasteiger partial charge in [-0.05, 0) is 67.4 Å². The molecule has 0 spiro atoms. The number of likely N-dealkylation sites (N-methyl/N-ethyl adjacent to an activating group) is 1. The molecule has 1 atom stereocenters. The number of amides is 2. The minimum Gasteiger partial charge on any atom is -0.397 e. The van der Waals surface area contributed by atoms with Crippen molar-refractivity contribution in [2.24, 2.45) is 5.73 Å². The van der Waals surface area contributed by atoms with Gasteiger partial charge in [0.1, 0.15) is 0 Å². The van der Waals surface area contributed by atoms with Crippen LogP contribution in [-0.4, -0.2) is 49.9 Å². The number of rotatable bonds is 9. The lowest BCUT2D eigenvalue weighted by atomic mass is 10.0. The zero-order chi connectivity index (χ0) is 23.1. The van der Waals surface area contributed by atoms with Gasteiger partial charge in [0.2, 0.25) is 5.91 Å². The van der Waals surface area contributed by atoms with E-state index in [1.54, 1.807) is 29.5 Å². The Morgan fingerprint density at radius 2 is 1.84 bits per heavy atom. The van der Waals surface area contributed by atoms with Crippen LogP contribution in [0.2, 0.25) is 0 Å². The monoisotopic (exact) mass is 451 g/mol. The van der Waals surface area contributed by atoms with Crippen LogP contribution in [0.4, 0.5) is 11.4 Å². The van der Waals surface area contributed by atoms with Crippen LogP contribution in [0, 0.1) is 0 Å². The van der Waals surface area contributed by atoms with Crippen LogP contribution in [-0.2, 0) is 11.2 Å². The van der Waals surface area contributed by atoms with E-state index in [1.807, 2.05) is 60.8 Å². The molecule has 2 amide bonds. The molecule has 32 heavy (non-hydrogen) atoms. The number of thiophene rings is 1. The molecule has 3 aromatic rings. The van der Waals surface area contributed by atoms with Gasteiger partial charge in [0.25, 0.3) is 5.91 Å². The maximum absolute atomic E-state index is 12.7. The summed E-state index contributed by atoms with van der Waals surface area (Å²) in [6, 6.07) is 16.0. The zero-order valence-corrected chi connectivity index (χ0v) is 19.1. The fourth-order valence-corrected chi connectivity index (χ4v) is 3.85. The highest BCUT2D eigenvalue weighted by Crippen LogP contribution is 2.30. The minimum absolute atomic E-state index is 0.185. The number of anilines is 2. The smallest absolute Gasteiger partial charge is 0.255 e. The lowest BCUT2D eigenvalue weighted by Gasteiger charge is -2.15. The highest BCUT2D eigenvalue weighted by molar-refractivity contribution is 7.13. The summed E-state index contributed by atoms with van der Waals surface area (Å²) in [4.78, 5) is 27.9. The number of carbonyl (C=O) groups is 2. The Bertz CT molecular complexity index is 1050. The molecule has 6 N–H and O–H groups in total. The molecule has 1 heterocycles. The van der Waals surface area contributed by atoms with Crippen molar-refractivity contribution < 1.29 is 9.59 Å². The summed E-state index contributed by atoms with van der Waals surface area (Å²) in [5.74, 6) is -0.438. The number of nitrogens with two attached hydrogens (primary N) is 2. The number of benzene rings is 2. The lowest BCUT2D eigenvalue weighted by Crippen LogP contribution is -2.44. The van der Waals surface area contributed by atoms with Gasteiger partial charge in [-0.15, -0.1) is 11.3 Å². The molecule has 168 valence electrons. The molecule has 0 bridgehead atoms. The average molecular weight is 452 g/mol. The average Bonchev–Trinajstić information content (AvgIpc) is 3.30. The van der Waals surface area contributed by atoms with Crippen molar-refractivity contribution in [2.45, 2.75) is 12.5 Å². The maximum atomic E-state index is 12.7. The molecule has 7 nitrogen and oxygen atoms in total. The van der Waals surface area contributed by atoms with Crippen LogP contribution >= 0.6 is 11.3 Å². The molecule has 0 aliphatic heterocycles. The summed E-state index contributed by atoms with van der Waals surface area (Å²) in [6.45, 7) is 1.30. The summed E-state index contributed by atoms with van der Waals surface area (Å²) >= 11 is 1.63. The van der Waals surface area contributed by atoms with Crippen LogP contribution in [0.3, 0.4) is 0 Å². The van der Waals surface area contributed by atoms with Gasteiger partial charge in [-0.25, -0.2) is 0 Å². The fraction of sp³-hybridized carbons (Fsp3) is 0.250. The molecule has 0 radical (unpaired) electrons. The molecule has 8 heteroatoms. The van der Waals surface area contributed by atoms with Gasteiger partial charge in [-0.2, -0.15) is 0 Å². The SMILES string of the molecule is CN(C)CCNC(=O)[C@@H](N)Cc1ccc(C(=O)Nc2cc(-c3cccs3)ccc2N)cc1. The molecule has 0 saturated carbocycles. The Labute approximate surface area is 192 Å². The Morgan fingerprint density at radius 1 is 1.09 bits per heavy atom. The normalized spacial score (nSPS) is 11.9. The van der Waals surface area contributed by atoms with Crippen molar-refractivity contribution in [1.29, 1.82) is 0 Å². The summed E-state index contributed by atoms with van der Waals surface area (Å²) < 4.78 is 0. The molecule has 1 aromatic heterocycles. The molecule has 0 unspecified atom stereocenters. The zero-order valence-electron chi connectivity index (χ0n) is 18.3. The number of hydrogen-bond acceptors (Lipinski definition) is 6. The van der Waals surface area contributed by atoms with Crippen molar-refractivity contribution in [3.05, 3.63) is 71.1 Å². The Kier molecular flexibility index (Phi) is 7.99. The number of nitrogens with zero attached hydrogens (tertiary/aromatic N) is 1. The maximum Gasteiger partial charge on any atom is 0.255 e. The largest absolute Gasteiger partial charge is 0.397 e. The third kappa shape index (κ3) is 6.40. The van der Waals surface area contributed by atoms with Crippen LogP contribution in [0.5, 0.6) is 0 Å². The number of carbonyl (C=O) groups excluding carboxylic acids is 2. The van der Waals surface area contributed by atoms with Gasteiger partial charge >= 0.3 is 0 Å². The highest BCUT2D eigenvalue weighted by atomic mass is 32.1. The summed E-state index contributed by atoms with van der Waals surface area (Å²) in [6.07, 6.45) is 0.394. The minimum atomic E-state index is -0.642. The second kappa shape index (κ2) is 10.9.